The topological polar surface area (TPSA) is 81.1 Å². The van der Waals surface area contributed by atoms with E-state index in [1.165, 1.54) is 12.4 Å². The molecule has 0 spiro atoms. The monoisotopic (exact) mass is 203 g/mol. The molecule has 1 aromatic carbocycles. The molecule has 0 atom stereocenters. The molecule has 0 aliphatic rings. The van der Waals surface area contributed by atoms with Crippen LogP contribution in [0.3, 0.4) is 0 Å². The van der Waals surface area contributed by atoms with Gasteiger partial charge in [0.2, 0.25) is 0 Å². The Labute approximate surface area is 85.8 Å². The van der Waals surface area contributed by atoms with Crippen molar-refractivity contribution in [2.75, 3.05) is 5.73 Å². The lowest BCUT2D eigenvalue weighted by Gasteiger charge is -1.96. The van der Waals surface area contributed by atoms with Gasteiger partial charge < -0.3 is 10.8 Å². The van der Waals surface area contributed by atoms with Crippen LogP contribution in [-0.2, 0) is 0 Å². The number of benzene rings is 1. The molecule has 5 heteroatoms. The molecule has 2 aromatic rings. The molecule has 0 saturated carbocycles. The normalized spacial score (nSPS) is 10.1. The fourth-order valence-corrected chi connectivity index (χ4v) is 1.25. The maximum atomic E-state index is 10.6. The van der Waals surface area contributed by atoms with Gasteiger partial charge >= 0.3 is 6.09 Å². The average molecular weight is 203 g/mol. The van der Waals surface area contributed by atoms with Crippen LogP contribution < -0.4 is 5.73 Å². The fraction of sp³-hybridized carbons (Fsp3) is 0. The highest BCUT2D eigenvalue weighted by atomic mass is 16.4. The molecule has 0 radical (unpaired) electrons. The van der Waals surface area contributed by atoms with Gasteiger partial charge in [-0.05, 0) is 17.7 Å². The summed E-state index contributed by atoms with van der Waals surface area (Å²) in [6, 6.07) is 7.15. The molecular weight excluding hydrogens is 194 g/mol. The Morgan fingerprint density at radius 2 is 1.93 bits per heavy atom. The molecule has 0 amide bonds. The smallest absolute Gasteiger partial charge is 0.432 e. The van der Waals surface area contributed by atoms with E-state index in [4.69, 9.17) is 10.8 Å². The Morgan fingerprint density at radius 1 is 1.27 bits per heavy atom. The largest absolute Gasteiger partial charge is 0.463 e. The quantitative estimate of drug-likeness (QED) is 0.690. The highest BCUT2D eigenvalue weighted by molar-refractivity contribution is 5.71. The molecule has 2 rings (SSSR count). The third kappa shape index (κ3) is 1.80. The van der Waals surface area contributed by atoms with E-state index in [1.54, 1.807) is 12.1 Å². The summed E-state index contributed by atoms with van der Waals surface area (Å²) in [5.41, 5.74) is 7.85. The zero-order valence-electron chi connectivity index (χ0n) is 7.79. The molecule has 3 N–H and O–H groups in total. The first-order chi connectivity index (χ1) is 7.16. The standard InChI is InChI=1S/C10H9N3O2/c11-9-3-1-7(2-4-9)8-5-12-13(6-8)10(14)15/h1-6H,11H2,(H,14,15). The summed E-state index contributed by atoms with van der Waals surface area (Å²) in [5, 5.41) is 12.4. The summed E-state index contributed by atoms with van der Waals surface area (Å²) in [4.78, 5) is 10.6. The number of hydrogen-bond donors (Lipinski definition) is 2. The summed E-state index contributed by atoms with van der Waals surface area (Å²) in [7, 11) is 0. The molecule has 0 unspecified atom stereocenters. The number of carbonyl (C=O) groups is 1. The van der Waals surface area contributed by atoms with Crippen molar-refractivity contribution in [3.05, 3.63) is 36.7 Å². The van der Waals surface area contributed by atoms with Crippen molar-refractivity contribution in [3.8, 4) is 11.1 Å². The second kappa shape index (κ2) is 3.45. The van der Waals surface area contributed by atoms with Gasteiger partial charge in [-0.25, -0.2) is 4.79 Å². The number of nitrogens with two attached hydrogens (primary N) is 1. The number of aromatic nitrogens is 2. The van der Waals surface area contributed by atoms with Gasteiger partial charge in [0.1, 0.15) is 0 Å². The molecular formula is C10H9N3O2. The summed E-state index contributed by atoms with van der Waals surface area (Å²) >= 11 is 0. The maximum absolute atomic E-state index is 10.6. The van der Waals surface area contributed by atoms with E-state index < -0.39 is 6.09 Å². The summed E-state index contributed by atoms with van der Waals surface area (Å²) in [6.45, 7) is 0. The average Bonchev–Trinajstić information content (AvgIpc) is 2.68. The van der Waals surface area contributed by atoms with Gasteiger partial charge in [-0.2, -0.15) is 9.78 Å². The van der Waals surface area contributed by atoms with Gasteiger partial charge in [0.05, 0.1) is 6.20 Å². The second-order valence-corrected chi connectivity index (χ2v) is 3.08. The van der Waals surface area contributed by atoms with Crippen molar-refractivity contribution >= 4 is 11.8 Å². The first-order valence-electron chi connectivity index (χ1n) is 4.31. The van der Waals surface area contributed by atoms with Crippen molar-refractivity contribution < 1.29 is 9.90 Å². The van der Waals surface area contributed by atoms with E-state index >= 15 is 0 Å². The summed E-state index contributed by atoms with van der Waals surface area (Å²) in [5.74, 6) is 0. The van der Waals surface area contributed by atoms with Crippen molar-refractivity contribution in [2.24, 2.45) is 0 Å². The Hall–Kier alpha value is -2.30. The first-order valence-corrected chi connectivity index (χ1v) is 4.31. The van der Waals surface area contributed by atoms with Crippen LogP contribution >= 0.6 is 0 Å². The number of nitrogens with zero attached hydrogens (tertiary/aromatic N) is 2. The minimum Gasteiger partial charge on any atom is -0.463 e. The van der Waals surface area contributed by atoms with E-state index in [1.807, 2.05) is 12.1 Å². The van der Waals surface area contributed by atoms with Crippen LogP contribution in [0.5, 0.6) is 0 Å². The number of rotatable bonds is 1. The zero-order valence-corrected chi connectivity index (χ0v) is 7.79. The Morgan fingerprint density at radius 3 is 2.47 bits per heavy atom. The fourth-order valence-electron chi connectivity index (χ4n) is 1.25. The molecule has 0 fully saturated rings. The lowest BCUT2D eigenvalue weighted by Crippen LogP contribution is -2.07. The van der Waals surface area contributed by atoms with Gasteiger partial charge in [-0.3, -0.25) is 0 Å². The van der Waals surface area contributed by atoms with Gasteiger partial charge in [-0.15, -0.1) is 0 Å². The van der Waals surface area contributed by atoms with Gasteiger partial charge in [0, 0.05) is 17.4 Å². The van der Waals surface area contributed by atoms with Crippen LogP contribution in [0.15, 0.2) is 36.7 Å². The Balaban J connectivity index is 2.37. The number of nitrogen functional groups attached to an aromatic ring is 1. The summed E-state index contributed by atoms with van der Waals surface area (Å²) in [6.07, 6.45) is 1.85. The van der Waals surface area contributed by atoms with E-state index in [0.29, 0.717) is 5.69 Å². The Kier molecular flexibility index (Phi) is 2.13. The van der Waals surface area contributed by atoms with Crippen LogP contribution in [0.1, 0.15) is 0 Å². The lowest BCUT2D eigenvalue weighted by atomic mass is 10.1. The minimum absolute atomic E-state index is 0.671. The number of hydrogen-bond acceptors (Lipinski definition) is 3. The predicted molar refractivity (Wildman–Crippen MR) is 55.5 cm³/mol. The van der Waals surface area contributed by atoms with E-state index in [-0.39, 0.29) is 0 Å². The van der Waals surface area contributed by atoms with Crippen LogP contribution in [0, 0.1) is 0 Å². The highest BCUT2D eigenvalue weighted by Gasteiger charge is 2.05. The highest BCUT2D eigenvalue weighted by Crippen LogP contribution is 2.19. The van der Waals surface area contributed by atoms with Crippen LogP contribution in [0.25, 0.3) is 11.1 Å². The van der Waals surface area contributed by atoms with Crippen molar-refractivity contribution in [1.82, 2.24) is 9.78 Å². The molecule has 1 aromatic heterocycles. The van der Waals surface area contributed by atoms with E-state index in [0.717, 1.165) is 15.8 Å². The van der Waals surface area contributed by atoms with E-state index in [2.05, 4.69) is 5.10 Å². The van der Waals surface area contributed by atoms with Gasteiger partial charge in [0.15, 0.2) is 0 Å². The first kappa shape index (κ1) is 9.26. The van der Waals surface area contributed by atoms with Crippen molar-refractivity contribution in [1.29, 1.82) is 0 Å². The van der Waals surface area contributed by atoms with Crippen LogP contribution in [-0.4, -0.2) is 21.0 Å². The number of carboxylic acid groups (broad SMARTS) is 1. The molecule has 0 saturated heterocycles. The van der Waals surface area contributed by atoms with Crippen molar-refractivity contribution in [3.63, 3.8) is 0 Å². The third-order valence-electron chi connectivity index (χ3n) is 2.02. The van der Waals surface area contributed by atoms with Gasteiger partial charge in [-0.1, -0.05) is 12.1 Å². The molecule has 15 heavy (non-hydrogen) atoms. The minimum atomic E-state index is -1.10. The maximum Gasteiger partial charge on any atom is 0.432 e. The Bertz CT molecular complexity index is 488. The van der Waals surface area contributed by atoms with Crippen molar-refractivity contribution in [2.45, 2.75) is 0 Å². The van der Waals surface area contributed by atoms with Gasteiger partial charge in [0.25, 0.3) is 0 Å². The second-order valence-electron chi connectivity index (χ2n) is 3.08. The third-order valence-corrected chi connectivity index (χ3v) is 2.02. The molecule has 5 nitrogen and oxygen atoms in total. The van der Waals surface area contributed by atoms with E-state index in [9.17, 15) is 4.79 Å². The lowest BCUT2D eigenvalue weighted by molar-refractivity contribution is 0.192. The zero-order chi connectivity index (χ0) is 10.8. The molecule has 76 valence electrons. The molecule has 0 aliphatic carbocycles. The molecule has 0 bridgehead atoms. The predicted octanol–water partition coefficient (Wildman–Crippen LogP) is 1.66. The molecule has 0 aliphatic heterocycles. The molecule has 1 heterocycles. The van der Waals surface area contributed by atoms with Crippen LogP contribution in [0.2, 0.25) is 0 Å². The number of anilines is 1. The summed E-state index contributed by atoms with van der Waals surface area (Å²) < 4.78 is 0.867. The SMILES string of the molecule is Nc1ccc(-c2cnn(C(=O)O)c2)cc1. The van der Waals surface area contributed by atoms with Crippen LogP contribution in [0.4, 0.5) is 10.5 Å².